The lowest BCUT2D eigenvalue weighted by Gasteiger charge is -2.32. The van der Waals surface area contributed by atoms with Crippen molar-refractivity contribution in [1.82, 2.24) is 5.32 Å². The molecular formula is C11H16N2O2S. The fraction of sp³-hybridized carbons (Fsp3) is 0.545. The second kappa shape index (κ2) is 4.95. The van der Waals surface area contributed by atoms with Crippen molar-refractivity contribution in [2.24, 2.45) is 0 Å². The molecule has 0 aromatic carbocycles. The monoisotopic (exact) mass is 240 g/mol. The van der Waals surface area contributed by atoms with E-state index >= 15 is 0 Å². The summed E-state index contributed by atoms with van der Waals surface area (Å²) in [5.41, 5.74) is 0.893. The van der Waals surface area contributed by atoms with E-state index in [0.29, 0.717) is 6.04 Å². The largest absolute Gasteiger partial charge is 0.393 e. The molecule has 4 nitrogen and oxygen atoms in total. The van der Waals surface area contributed by atoms with Crippen LogP contribution < -0.4 is 10.6 Å². The second-order valence-corrected chi connectivity index (χ2v) is 5.14. The average Bonchev–Trinajstić information content (AvgIpc) is 2.57. The van der Waals surface area contributed by atoms with Crippen molar-refractivity contribution in [2.45, 2.75) is 38.5 Å². The minimum absolute atomic E-state index is 0.0429. The van der Waals surface area contributed by atoms with Crippen molar-refractivity contribution < 1.29 is 9.90 Å². The first-order valence-corrected chi connectivity index (χ1v) is 6.28. The quantitative estimate of drug-likeness (QED) is 0.744. The minimum atomic E-state index is -0.129. The Labute approximate surface area is 98.7 Å². The number of carbonyl (C=O) groups is 1. The van der Waals surface area contributed by atoms with E-state index < -0.39 is 0 Å². The number of aliphatic hydroxyl groups is 1. The van der Waals surface area contributed by atoms with Crippen molar-refractivity contribution in [2.75, 3.05) is 5.32 Å². The number of carbonyl (C=O) groups excluding carboxylic acids is 1. The van der Waals surface area contributed by atoms with E-state index in [1.807, 2.05) is 11.4 Å². The summed E-state index contributed by atoms with van der Waals surface area (Å²) < 4.78 is 0. The highest BCUT2D eigenvalue weighted by Gasteiger charge is 2.26. The molecule has 0 aliphatic heterocycles. The molecule has 0 saturated heterocycles. The third kappa shape index (κ3) is 2.81. The van der Waals surface area contributed by atoms with Gasteiger partial charge in [0.15, 0.2) is 0 Å². The van der Waals surface area contributed by atoms with Gasteiger partial charge in [0.25, 0.3) is 0 Å². The van der Waals surface area contributed by atoms with Crippen LogP contribution in [0.5, 0.6) is 0 Å². The van der Waals surface area contributed by atoms with Crippen LogP contribution in [0.2, 0.25) is 0 Å². The van der Waals surface area contributed by atoms with Gasteiger partial charge in [0.05, 0.1) is 11.8 Å². The fourth-order valence-electron chi connectivity index (χ4n) is 1.77. The van der Waals surface area contributed by atoms with Gasteiger partial charge in [0, 0.05) is 24.4 Å². The average molecular weight is 240 g/mol. The molecule has 0 bridgehead atoms. The number of anilines is 1. The molecule has 5 heteroatoms. The van der Waals surface area contributed by atoms with Crippen LogP contribution in [-0.2, 0) is 11.3 Å². The Morgan fingerprint density at radius 3 is 3.00 bits per heavy atom. The number of nitrogens with one attached hydrogen (secondary N) is 2. The number of rotatable bonds is 4. The van der Waals surface area contributed by atoms with Crippen LogP contribution >= 0.6 is 11.3 Å². The van der Waals surface area contributed by atoms with E-state index in [9.17, 15) is 4.79 Å². The fourth-order valence-corrected chi connectivity index (χ4v) is 2.55. The van der Waals surface area contributed by atoms with Crippen LogP contribution in [0.4, 0.5) is 5.69 Å². The summed E-state index contributed by atoms with van der Waals surface area (Å²) in [5, 5.41) is 17.3. The van der Waals surface area contributed by atoms with Crippen molar-refractivity contribution >= 4 is 22.9 Å². The molecule has 0 radical (unpaired) electrons. The number of hydrogen-bond acceptors (Lipinski definition) is 4. The highest BCUT2D eigenvalue weighted by molar-refractivity contribution is 7.10. The summed E-state index contributed by atoms with van der Waals surface area (Å²) in [6, 6.07) is 2.33. The molecule has 1 aromatic heterocycles. The summed E-state index contributed by atoms with van der Waals surface area (Å²) in [5.74, 6) is -0.0429. The van der Waals surface area contributed by atoms with Gasteiger partial charge >= 0.3 is 0 Å². The molecule has 16 heavy (non-hydrogen) atoms. The lowest BCUT2D eigenvalue weighted by atomic mass is 9.89. The molecule has 1 aliphatic rings. The Balaban J connectivity index is 1.84. The maximum absolute atomic E-state index is 11.0. The molecule has 0 unspecified atom stereocenters. The SMILES string of the molecule is CC(=O)Nc1ccsc1CNC1CC(O)C1. The molecule has 1 saturated carbocycles. The molecule has 2 rings (SSSR count). The Morgan fingerprint density at radius 2 is 2.38 bits per heavy atom. The lowest BCUT2D eigenvalue weighted by Crippen LogP contribution is -2.43. The molecule has 0 atom stereocenters. The first kappa shape index (κ1) is 11.6. The number of amides is 1. The Morgan fingerprint density at radius 1 is 1.62 bits per heavy atom. The van der Waals surface area contributed by atoms with E-state index in [-0.39, 0.29) is 12.0 Å². The predicted octanol–water partition coefficient (Wildman–Crippen LogP) is 1.32. The van der Waals surface area contributed by atoms with E-state index in [0.717, 1.165) is 30.0 Å². The van der Waals surface area contributed by atoms with Gasteiger partial charge in [-0.1, -0.05) is 0 Å². The second-order valence-electron chi connectivity index (χ2n) is 4.14. The van der Waals surface area contributed by atoms with Gasteiger partial charge in [-0.25, -0.2) is 0 Å². The summed E-state index contributed by atoms with van der Waals surface area (Å²) in [4.78, 5) is 12.1. The molecule has 1 fully saturated rings. The molecule has 1 heterocycles. The smallest absolute Gasteiger partial charge is 0.221 e. The Kier molecular flexibility index (Phi) is 3.58. The van der Waals surface area contributed by atoms with Crippen LogP contribution in [0.1, 0.15) is 24.6 Å². The first-order chi connectivity index (χ1) is 7.65. The zero-order chi connectivity index (χ0) is 11.5. The van der Waals surface area contributed by atoms with Gasteiger partial charge in [0.1, 0.15) is 0 Å². The highest BCUT2D eigenvalue weighted by Crippen LogP contribution is 2.24. The molecule has 1 amide bonds. The Hall–Kier alpha value is -0.910. The topological polar surface area (TPSA) is 61.4 Å². The maximum Gasteiger partial charge on any atom is 0.221 e. The van der Waals surface area contributed by atoms with E-state index in [2.05, 4.69) is 10.6 Å². The molecule has 3 N–H and O–H groups in total. The molecule has 1 aromatic rings. The molecule has 88 valence electrons. The maximum atomic E-state index is 11.0. The van der Waals surface area contributed by atoms with E-state index in [4.69, 9.17) is 5.11 Å². The van der Waals surface area contributed by atoms with Gasteiger partial charge in [-0.3, -0.25) is 4.79 Å². The van der Waals surface area contributed by atoms with Gasteiger partial charge in [-0.05, 0) is 24.3 Å². The molecule has 0 spiro atoms. The first-order valence-electron chi connectivity index (χ1n) is 5.40. The van der Waals surface area contributed by atoms with Gasteiger partial charge < -0.3 is 15.7 Å². The number of thiophene rings is 1. The van der Waals surface area contributed by atoms with Gasteiger partial charge in [0.2, 0.25) is 5.91 Å². The van der Waals surface area contributed by atoms with Crippen LogP contribution in [0.25, 0.3) is 0 Å². The molecule has 1 aliphatic carbocycles. The normalized spacial score (nSPS) is 23.9. The lowest BCUT2D eigenvalue weighted by molar-refractivity contribution is -0.114. The van der Waals surface area contributed by atoms with Crippen molar-refractivity contribution in [3.63, 3.8) is 0 Å². The zero-order valence-electron chi connectivity index (χ0n) is 9.19. The van der Waals surface area contributed by atoms with Crippen LogP contribution in [0.3, 0.4) is 0 Å². The zero-order valence-corrected chi connectivity index (χ0v) is 10.0. The highest BCUT2D eigenvalue weighted by atomic mass is 32.1. The van der Waals surface area contributed by atoms with E-state index in [1.165, 1.54) is 6.92 Å². The summed E-state index contributed by atoms with van der Waals surface area (Å²) >= 11 is 1.63. The summed E-state index contributed by atoms with van der Waals surface area (Å²) in [6.07, 6.45) is 1.54. The third-order valence-corrected chi connectivity index (χ3v) is 3.64. The van der Waals surface area contributed by atoms with Crippen molar-refractivity contribution in [1.29, 1.82) is 0 Å². The third-order valence-electron chi connectivity index (χ3n) is 2.72. The van der Waals surface area contributed by atoms with Gasteiger partial charge in [-0.2, -0.15) is 0 Å². The Bertz CT molecular complexity index is 372. The number of hydrogen-bond donors (Lipinski definition) is 3. The van der Waals surface area contributed by atoms with Crippen LogP contribution in [0.15, 0.2) is 11.4 Å². The predicted molar refractivity (Wildman–Crippen MR) is 64.5 cm³/mol. The van der Waals surface area contributed by atoms with Gasteiger partial charge in [-0.15, -0.1) is 11.3 Å². The van der Waals surface area contributed by atoms with Crippen LogP contribution in [0, 0.1) is 0 Å². The van der Waals surface area contributed by atoms with Crippen molar-refractivity contribution in [3.8, 4) is 0 Å². The van der Waals surface area contributed by atoms with Crippen LogP contribution in [-0.4, -0.2) is 23.2 Å². The van der Waals surface area contributed by atoms with Crippen molar-refractivity contribution in [3.05, 3.63) is 16.3 Å². The van der Waals surface area contributed by atoms with E-state index in [1.54, 1.807) is 11.3 Å². The molecular weight excluding hydrogens is 224 g/mol. The summed E-state index contributed by atoms with van der Waals surface area (Å²) in [7, 11) is 0. The minimum Gasteiger partial charge on any atom is -0.393 e. The standard InChI is InChI=1S/C11H16N2O2S/c1-7(14)13-10-2-3-16-11(10)6-12-8-4-9(15)5-8/h2-3,8-9,12,15H,4-6H2,1H3,(H,13,14). The number of aliphatic hydroxyl groups excluding tert-OH is 1. The summed E-state index contributed by atoms with van der Waals surface area (Å²) in [6.45, 7) is 2.27.